The molecule has 0 saturated carbocycles. The molecule has 2 aromatic rings. The molecule has 1 aromatic carbocycles. The van der Waals surface area contributed by atoms with E-state index in [4.69, 9.17) is 5.11 Å². The van der Waals surface area contributed by atoms with Crippen molar-refractivity contribution in [1.29, 1.82) is 0 Å². The first-order valence-corrected chi connectivity index (χ1v) is 7.04. The normalized spacial score (nSPS) is 10.2. The first kappa shape index (κ1) is 15.2. The van der Waals surface area contributed by atoms with Crippen molar-refractivity contribution in [3.05, 3.63) is 65.5 Å². The lowest BCUT2D eigenvalue weighted by Gasteiger charge is -2.17. The monoisotopic (exact) mass is 280 g/mol. The van der Waals surface area contributed by atoms with E-state index in [1.165, 1.54) is 11.1 Å². The van der Waals surface area contributed by atoms with Crippen molar-refractivity contribution in [3.8, 4) is 11.8 Å². The quantitative estimate of drug-likeness (QED) is 0.855. The Morgan fingerprint density at radius 2 is 2.00 bits per heavy atom. The number of aliphatic hydroxyl groups excluding tert-OH is 1. The van der Waals surface area contributed by atoms with Crippen LogP contribution in [0.5, 0.6) is 0 Å². The van der Waals surface area contributed by atoms with E-state index in [-0.39, 0.29) is 6.61 Å². The zero-order valence-electron chi connectivity index (χ0n) is 12.3. The van der Waals surface area contributed by atoms with Crippen LogP contribution in [-0.4, -0.2) is 28.6 Å². The van der Waals surface area contributed by atoms with E-state index < -0.39 is 0 Å². The summed E-state index contributed by atoms with van der Waals surface area (Å²) in [7, 11) is 2.09. The molecular weight excluding hydrogens is 260 g/mol. The zero-order valence-corrected chi connectivity index (χ0v) is 12.3. The topological polar surface area (TPSA) is 36.4 Å². The molecule has 2 rings (SSSR count). The fourth-order valence-corrected chi connectivity index (χ4v) is 2.14. The standard InChI is InChI=1S/C18H20N2O/c1-20(14-16-7-6-11-19-13-16)15-18-10-3-2-8-17(18)9-4-5-12-21/h2-3,6-8,10-11,13,21H,5,12,14-15H2,1H3. The fraction of sp³-hybridized carbons (Fsp3) is 0.278. The van der Waals surface area contributed by atoms with Crippen molar-refractivity contribution in [3.63, 3.8) is 0 Å². The summed E-state index contributed by atoms with van der Waals surface area (Å²) in [5.41, 5.74) is 3.43. The Hall–Kier alpha value is -2.15. The Morgan fingerprint density at radius 3 is 2.76 bits per heavy atom. The Bertz CT molecular complexity index is 614. The summed E-state index contributed by atoms with van der Waals surface area (Å²) in [4.78, 5) is 6.38. The van der Waals surface area contributed by atoms with Crippen LogP contribution in [0.15, 0.2) is 48.8 Å². The highest BCUT2D eigenvalue weighted by Crippen LogP contribution is 2.12. The maximum absolute atomic E-state index is 8.81. The van der Waals surface area contributed by atoms with E-state index in [1.807, 2.05) is 30.5 Å². The SMILES string of the molecule is CN(Cc1cccnc1)Cc1ccccc1C#CCCO. The lowest BCUT2D eigenvalue weighted by atomic mass is 10.1. The molecular formula is C18H20N2O. The van der Waals surface area contributed by atoms with Gasteiger partial charge in [0.25, 0.3) is 0 Å². The minimum Gasteiger partial charge on any atom is -0.395 e. The van der Waals surface area contributed by atoms with E-state index >= 15 is 0 Å². The van der Waals surface area contributed by atoms with Gasteiger partial charge in [0, 0.05) is 37.5 Å². The van der Waals surface area contributed by atoms with E-state index in [0.29, 0.717) is 6.42 Å². The zero-order chi connectivity index (χ0) is 14.9. The number of aromatic nitrogens is 1. The number of hydrogen-bond acceptors (Lipinski definition) is 3. The molecule has 1 aromatic heterocycles. The van der Waals surface area contributed by atoms with Crippen LogP contribution < -0.4 is 0 Å². The Morgan fingerprint density at radius 1 is 1.14 bits per heavy atom. The van der Waals surface area contributed by atoms with Gasteiger partial charge in [-0.3, -0.25) is 9.88 Å². The minimum absolute atomic E-state index is 0.107. The summed E-state index contributed by atoms with van der Waals surface area (Å²) in [5, 5.41) is 8.81. The molecule has 3 nitrogen and oxygen atoms in total. The molecule has 1 heterocycles. The van der Waals surface area contributed by atoms with Gasteiger partial charge in [-0.25, -0.2) is 0 Å². The van der Waals surface area contributed by atoms with Crippen LogP contribution >= 0.6 is 0 Å². The van der Waals surface area contributed by atoms with Gasteiger partial charge < -0.3 is 5.11 Å². The molecule has 21 heavy (non-hydrogen) atoms. The number of rotatable bonds is 5. The van der Waals surface area contributed by atoms with Crippen molar-refractivity contribution >= 4 is 0 Å². The largest absolute Gasteiger partial charge is 0.395 e. The first-order valence-electron chi connectivity index (χ1n) is 7.04. The van der Waals surface area contributed by atoms with Crippen LogP contribution in [0.4, 0.5) is 0 Å². The highest BCUT2D eigenvalue weighted by molar-refractivity contribution is 5.41. The van der Waals surface area contributed by atoms with Gasteiger partial charge >= 0.3 is 0 Å². The second kappa shape index (κ2) is 8.21. The minimum atomic E-state index is 0.107. The molecule has 0 saturated heterocycles. The molecule has 0 atom stereocenters. The Kier molecular flexibility index (Phi) is 5.96. The van der Waals surface area contributed by atoms with E-state index in [1.54, 1.807) is 6.20 Å². The third-order valence-corrected chi connectivity index (χ3v) is 3.09. The molecule has 3 heteroatoms. The molecule has 0 aliphatic carbocycles. The van der Waals surface area contributed by atoms with Crippen molar-refractivity contribution in [2.75, 3.05) is 13.7 Å². The first-order chi connectivity index (χ1) is 10.3. The van der Waals surface area contributed by atoms with Gasteiger partial charge in [0.05, 0.1) is 6.61 Å². The number of pyridine rings is 1. The van der Waals surface area contributed by atoms with Gasteiger partial charge in [-0.2, -0.15) is 0 Å². The van der Waals surface area contributed by atoms with Crippen LogP contribution in [0, 0.1) is 11.8 Å². The fourth-order valence-electron chi connectivity index (χ4n) is 2.14. The average Bonchev–Trinajstić information content (AvgIpc) is 2.50. The van der Waals surface area contributed by atoms with Gasteiger partial charge in [-0.15, -0.1) is 0 Å². The molecule has 0 amide bonds. The molecule has 0 fully saturated rings. The maximum atomic E-state index is 8.81. The highest BCUT2D eigenvalue weighted by atomic mass is 16.2. The summed E-state index contributed by atoms with van der Waals surface area (Å²) in [6.07, 6.45) is 4.19. The summed E-state index contributed by atoms with van der Waals surface area (Å²) in [6, 6.07) is 12.2. The predicted octanol–water partition coefficient (Wildman–Crippen LogP) is 2.45. The second-order valence-electron chi connectivity index (χ2n) is 4.97. The second-order valence-corrected chi connectivity index (χ2v) is 4.97. The number of aliphatic hydroxyl groups is 1. The number of hydrogen-bond donors (Lipinski definition) is 1. The van der Waals surface area contributed by atoms with Crippen molar-refractivity contribution in [2.24, 2.45) is 0 Å². The van der Waals surface area contributed by atoms with Gasteiger partial charge in [0.2, 0.25) is 0 Å². The molecule has 0 radical (unpaired) electrons. The van der Waals surface area contributed by atoms with E-state index in [0.717, 1.165) is 18.7 Å². The van der Waals surface area contributed by atoms with Gasteiger partial charge in [-0.05, 0) is 30.3 Å². The summed E-state index contributed by atoms with van der Waals surface area (Å²) in [6.45, 7) is 1.79. The van der Waals surface area contributed by atoms with Crippen LogP contribution in [0.1, 0.15) is 23.1 Å². The molecule has 0 aliphatic heterocycles. The lowest BCUT2D eigenvalue weighted by molar-refractivity contribution is 0.305. The van der Waals surface area contributed by atoms with Crippen LogP contribution in [0.3, 0.4) is 0 Å². The highest BCUT2D eigenvalue weighted by Gasteiger charge is 2.05. The van der Waals surface area contributed by atoms with Gasteiger partial charge in [0.1, 0.15) is 0 Å². The summed E-state index contributed by atoms with van der Waals surface area (Å²) in [5.74, 6) is 6.12. The predicted molar refractivity (Wildman–Crippen MR) is 84.4 cm³/mol. The van der Waals surface area contributed by atoms with Crippen molar-refractivity contribution in [2.45, 2.75) is 19.5 Å². The summed E-state index contributed by atoms with van der Waals surface area (Å²) >= 11 is 0. The Labute approximate surface area is 126 Å². The molecule has 0 unspecified atom stereocenters. The molecule has 0 spiro atoms. The summed E-state index contributed by atoms with van der Waals surface area (Å²) < 4.78 is 0. The lowest BCUT2D eigenvalue weighted by Crippen LogP contribution is -2.18. The van der Waals surface area contributed by atoms with Gasteiger partial charge in [0.15, 0.2) is 0 Å². The molecule has 108 valence electrons. The van der Waals surface area contributed by atoms with Crippen molar-refractivity contribution in [1.82, 2.24) is 9.88 Å². The maximum Gasteiger partial charge on any atom is 0.0540 e. The third-order valence-electron chi connectivity index (χ3n) is 3.09. The molecule has 0 aliphatic rings. The van der Waals surface area contributed by atoms with Crippen LogP contribution in [-0.2, 0) is 13.1 Å². The average molecular weight is 280 g/mol. The molecule has 0 bridgehead atoms. The van der Waals surface area contributed by atoms with Crippen LogP contribution in [0.25, 0.3) is 0 Å². The third kappa shape index (κ3) is 5.03. The van der Waals surface area contributed by atoms with E-state index in [9.17, 15) is 0 Å². The number of nitrogens with zero attached hydrogens (tertiary/aromatic N) is 2. The Balaban J connectivity index is 2.04. The van der Waals surface area contributed by atoms with Crippen molar-refractivity contribution < 1.29 is 5.11 Å². The van der Waals surface area contributed by atoms with Crippen LogP contribution in [0.2, 0.25) is 0 Å². The van der Waals surface area contributed by atoms with Gasteiger partial charge in [-0.1, -0.05) is 36.1 Å². The molecule has 1 N–H and O–H groups in total. The van der Waals surface area contributed by atoms with E-state index in [2.05, 4.69) is 40.9 Å². The number of benzene rings is 1. The smallest absolute Gasteiger partial charge is 0.0540 e.